The Morgan fingerprint density at radius 3 is 2.30 bits per heavy atom. The summed E-state index contributed by atoms with van der Waals surface area (Å²) in [5.41, 5.74) is 3.14. The number of hydrogen-bond acceptors (Lipinski definition) is 10. The summed E-state index contributed by atoms with van der Waals surface area (Å²) in [6.45, 7) is 11.5. The van der Waals surface area contributed by atoms with Crippen LogP contribution in [0.5, 0.6) is 17.4 Å². The van der Waals surface area contributed by atoms with Crippen molar-refractivity contribution in [3.8, 4) is 17.4 Å². The van der Waals surface area contributed by atoms with Gasteiger partial charge in [0.15, 0.2) is 11.5 Å². The molecule has 0 unspecified atom stereocenters. The van der Waals surface area contributed by atoms with Crippen LogP contribution in [0.1, 0.15) is 106 Å². The van der Waals surface area contributed by atoms with Crippen molar-refractivity contribution in [3.05, 3.63) is 68.5 Å². The SMILES string of the molecule is CCCCOc1cc(OC)c2c3c1C(=O)C1=C(C3=C[C@@]23C(C)=CCCC3(C)C)C(OC)(OC)[C@@H]2Cc3onc(OCCCC)c3C(O)=C2C1=O. The summed E-state index contributed by atoms with van der Waals surface area (Å²) in [5.74, 6) is -2.56. The predicted molar refractivity (Wildman–Crippen MR) is 187 cm³/mol. The van der Waals surface area contributed by atoms with E-state index in [1.165, 1.54) is 14.2 Å². The molecule has 1 N–H and O–H groups in total. The van der Waals surface area contributed by atoms with Crippen molar-refractivity contribution >= 4 is 22.9 Å². The summed E-state index contributed by atoms with van der Waals surface area (Å²) in [4.78, 5) is 30.2. The van der Waals surface area contributed by atoms with Gasteiger partial charge in [0, 0.05) is 48.8 Å². The molecule has 0 fully saturated rings. The van der Waals surface area contributed by atoms with Crippen LogP contribution in [0.3, 0.4) is 0 Å². The molecule has 0 aliphatic heterocycles. The highest BCUT2D eigenvalue weighted by Crippen LogP contribution is 2.67. The molecule has 0 amide bonds. The van der Waals surface area contributed by atoms with Crippen LogP contribution in [-0.4, -0.2) is 62.2 Å². The minimum Gasteiger partial charge on any atom is -0.507 e. The normalized spacial score (nSPS) is 24.0. The molecule has 2 aromatic rings. The number of unbranched alkanes of at least 4 members (excludes halogenated alkanes) is 2. The Labute approximate surface area is 293 Å². The summed E-state index contributed by atoms with van der Waals surface area (Å²) in [7, 11) is 4.64. The van der Waals surface area contributed by atoms with Gasteiger partial charge >= 0.3 is 0 Å². The molecule has 10 heteroatoms. The van der Waals surface area contributed by atoms with Gasteiger partial charge in [0.2, 0.25) is 11.6 Å². The number of methoxy groups -OCH3 is 3. The fourth-order valence-electron chi connectivity index (χ4n) is 9.17. The first-order valence-corrected chi connectivity index (χ1v) is 17.8. The molecule has 1 spiro atoms. The zero-order chi connectivity index (χ0) is 35.7. The Bertz CT molecular complexity index is 1920. The molecule has 0 bridgehead atoms. The molecule has 5 aliphatic rings. The number of benzene rings is 1. The fraction of sp³-hybridized carbons (Fsp3) is 0.525. The number of fused-ring (bicyclic) bond motifs is 4. The van der Waals surface area contributed by atoms with Gasteiger partial charge in [-0.15, -0.1) is 0 Å². The molecule has 5 aliphatic carbocycles. The molecular formula is C40H47NO9. The third kappa shape index (κ3) is 4.36. The summed E-state index contributed by atoms with van der Waals surface area (Å²) in [6.07, 6.45) is 9.73. The maximum absolute atomic E-state index is 15.2. The molecule has 0 saturated heterocycles. The van der Waals surface area contributed by atoms with Gasteiger partial charge in [0.25, 0.3) is 5.88 Å². The average molecular weight is 686 g/mol. The number of ether oxygens (including phenoxy) is 5. The van der Waals surface area contributed by atoms with E-state index in [-0.39, 0.29) is 40.2 Å². The number of allylic oxidation sites excluding steroid dienone is 4. The second-order valence-electron chi connectivity index (χ2n) is 14.6. The molecule has 2 atom stereocenters. The zero-order valence-corrected chi connectivity index (χ0v) is 30.3. The van der Waals surface area contributed by atoms with Crippen LogP contribution in [0.25, 0.3) is 11.3 Å². The van der Waals surface area contributed by atoms with Gasteiger partial charge in [0.1, 0.15) is 22.8 Å². The van der Waals surface area contributed by atoms with Crippen molar-refractivity contribution < 1.29 is 42.9 Å². The van der Waals surface area contributed by atoms with Crippen molar-refractivity contribution in [2.24, 2.45) is 11.3 Å². The second kappa shape index (κ2) is 12.3. The zero-order valence-electron chi connectivity index (χ0n) is 30.3. The highest BCUT2D eigenvalue weighted by atomic mass is 16.7. The lowest BCUT2D eigenvalue weighted by atomic mass is 9.55. The van der Waals surface area contributed by atoms with Gasteiger partial charge in [-0.3, -0.25) is 9.59 Å². The van der Waals surface area contributed by atoms with Gasteiger partial charge in [-0.25, -0.2) is 0 Å². The lowest BCUT2D eigenvalue weighted by Crippen LogP contribution is -2.54. The Balaban J connectivity index is 1.55. The van der Waals surface area contributed by atoms with Gasteiger partial charge in [-0.1, -0.05) is 58.3 Å². The van der Waals surface area contributed by atoms with Crippen LogP contribution < -0.4 is 14.2 Å². The molecule has 0 saturated carbocycles. The lowest BCUT2D eigenvalue weighted by Gasteiger charge is -2.48. The smallest absolute Gasteiger partial charge is 0.265 e. The van der Waals surface area contributed by atoms with E-state index in [0.717, 1.165) is 49.7 Å². The van der Waals surface area contributed by atoms with Gasteiger partial charge in [-0.2, -0.15) is 0 Å². The Kier molecular flexibility index (Phi) is 8.42. The number of carbonyl (C=O) groups excluding carboxylic acids is 2. The van der Waals surface area contributed by atoms with E-state index in [1.54, 1.807) is 13.2 Å². The Morgan fingerprint density at radius 2 is 1.66 bits per heavy atom. The van der Waals surface area contributed by atoms with Crippen molar-refractivity contribution in [2.75, 3.05) is 34.5 Å². The standard InChI is InChI=1S/C40H47NO9/c1-9-11-16-48-24-19-26(45-6)33-27-22(20-39(33)21(3)14-13-15-38(39,4)5)32-31(36(44)29(24)27)35(43)28-23(40(32,46-7)47-8)18-25-30(34(28)42)37(41-50-25)49-17-12-10-2/h14,19-20,23,42H,9-13,15-18H2,1-8H3/t23-,39-/m1/s1. The minimum atomic E-state index is -1.66. The topological polar surface area (TPSA) is 127 Å². The number of carbonyl (C=O) groups is 2. The lowest BCUT2D eigenvalue weighted by molar-refractivity contribution is -0.205. The first kappa shape index (κ1) is 34.3. The second-order valence-corrected chi connectivity index (χ2v) is 14.6. The molecule has 50 heavy (non-hydrogen) atoms. The highest BCUT2D eigenvalue weighted by Gasteiger charge is 2.64. The van der Waals surface area contributed by atoms with Crippen LogP contribution in [0, 0.1) is 11.3 Å². The highest BCUT2D eigenvalue weighted by molar-refractivity contribution is 6.38. The first-order chi connectivity index (χ1) is 24.0. The number of nitrogens with zero attached hydrogens (tertiary/aromatic N) is 1. The van der Waals surface area contributed by atoms with E-state index < -0.39 is 28.7 Å². The van der Waals surface area contributed by atoms with Crippen molar-refractivity contribution in [3.63, 3.8) is 0 Å². The quantitative estimate of drug-likeness (QED) is 0.109. The summed E-state index contributed by atoms with van der Waals surface area (Å²) >= 11 is 0. The Hall–Kier alpha value is -4.15. The van der Waals surface area contributed by atoms with Gasteiger partial charge < -0.3 is 33.3 Å². The van der Waals surface area contributed by atoms with Crippen LogP contribution in [0.4, 0.5) is 0 Å². The fourth-order valence-corrected chi connectivity index (χ4v) is 9.17. The molecule has 10 nitrogen and oxygen atoms in total. The molecule has 7 rings (SSSR count). The molecule has 1 aromatic carbocycles. The van der Waals surface area contributed by atoms with Crippen LogP contribution >= 0.6 is 0 Å². The van der Waals surface area contributed by atoms with E-state index >= 15 is 4.79 Å². The third-order valence-corrected chi connectivity index (χ3v) is 11.7. The summed E-state index contributed by atoms with van der Waals surface area (Å²) < 4.78 is 36.8. The van der Waals surface area contributed by atoms with Crippen molar-refractivity contribution in [1.82, 2.24) is 5.16 Å². The van der Waals surface area contributed by atoms with Gasteiger partial charge in [-0.05, 0) is 48.8 Å². The molecule has 1 aromatic heterocycles. The van der Waals surface area contributed by atoms with Gasteiger partial charge in [0.05, 0.1) is 43.0 Å². The molecular weight excluding hydrogens is 638 g/mol. The average Bonchev–Trinajstić information content (AvgIpc) is 3.68. The number of aromatic nitrogens is 1. The van der Waals surface area contributed by atoms with Crippen molar-refractivity contribution in [2.45, 2.75) is 90.8 Å². The van der Waals surface area contributed by atoms with E-state index in [2.05, 4.69) is 45.0 Å². The van der Waals surface area contributed by atoms with Crippen molar-refractivity contribution in [1.29, 1.82) is 0 Å². The molecule has 266 valence electrons. The minimum absolute atomic E-state index is 0.00450. The number of aliphatic hydroxyl groups excluding tert-OH is 1. The summed E-state index contributed by atoms with van der Waals surface area (Å²) in [6, 6.07) is 1.81. The van der Waals surface area contributed by atoms with E-state index in [4.69, 9.17) is 28.2 Å². The number of aliphatic hydroxyl groups is 1. The third-order valence-electron chi connectivity index (χ3n) is 11.7. The maximum Gasteiger partial charge on any atom is 0.265 e. The molecule has 1 heterocycles. The monoisotopic (exact) mass is 685 g/mol. The van der Waals surface area contributed by atoms with E-state index in [0.29, 0.717) is 52.7 Å². The Morgan fingerprint density at radius 1 is 0.960 bits per heavy atom. The first-order valence-electron chi connectivity index (χ1n) is 17.8. The molecule has 0 radical (unpaired) electrons. The van der Waals surface area contributed by atoms with Crippen LogP contribution in [-0.2, 0) is 26.1 Å². The maximum atomic E-state index is 15.2. The van der Waals surface area contributed by atoms with E-state index in [9.17, 15) is 9.90 Å². The number of Topliss-reactive ketones (excluding diaryl/α,β-unsaturated/α-hetero) is 2. The van der Waals surface area contributed by atoms with Crippen LogP contribution in [0.2, 0.25) is 0 Å². The number of hydrogen-bond donors (Lipinski definition) is 1. The summed E-state index contributed by atoms with van der Waals surface area (Å²) in [5, 5.41) is 16.0. The number of ketones is 2. The largest absolute Gasteiger partial charge is 0.507 e. The number of rotatable bonds is 11. The van der Waals surface area contributed by atoms with Crippen LogP contribution in [0.15, 0.2) is 45.0 Å². The van der Waals surface area contributed by atoms with E-state index in [1.807, 2.05) is 6.92 Å². The predicted octanol–water partition coefficient (Wildman–Crippen LogP) is 7.65.